The molecule has 0 saturated carbocycles. The molecule has 0 spiro atoms. The van der Waals surface area contributed by atoms with Crippen molar-refractivity contribution in [3.05, 3.63) is 35.9 Å². The van der Waals surface area contributed by atoms with Crippen LogP contribution >= 0.6 is 10.7 Å². The quantitative estimate of drug-likeness (QED) is 0.583. The van der Waals surface area contributed by atoms with Crippen molar-refractivity contribution < 1.29 is 17.9 Å². The van der Waals surface area contributed by atoms with Gasteiger partial charge in [-0.25, -0.2) is 13.2 Å². The van der Waals surface area contributed by atoms with Gasteiger partial charge in [-0.05, 0) is 37.9 Å². The number of carbonyl (C=O) groups excluding carboxylic acids is 1. The van der Waals surface area contributed by atoms with Crippen LogP contribution in [0.3, 0.4) is 0 Å². The second kappa shape index (κ2) is 6.98. The van der Waals surface area contributed by atoms with Crippen molar-refractivity contribution in [1.29, 1.82) is 0 Å². The number of nitrogens with zero attached hydrogens (tertiary/aromatic N) is 1. The van der Waals surface area contributed by atoms with Crippen molar-refractivity contribution in [3.63, 3.8) is 0 Å². The van der Waals surface area contributed by atoms with Crippen molar-refractivity contribution in [2.24, 2.45) is 0 Å². The first-order valence-corrected chi connectivity index (χ1v) is 9.53. The zero-order chi connectivity index (χ0) is 16.2. The molecule has 1 aliphatic rings. The number of hydrogen-bond donors (Lipinski definition) is 0. The zero-order valence-corrected chi connectivity index (χ0v) is 14.1. The lowest BCUT2D eigenvalue weighted by Gasteiger charge is -2.30. The second-order valence-corrected chi connectivity index (χ2v) is 8.21. The van der Waals surface area contributed by atoms with Crippen LogP contribution in [0.25, 0.3) is 0 Å². The van der Waals surface area contributed by atoms with Crippen LogP contribution in [0.2, 0.25) is 0 Å². The minimum absolute atomic E-state index is 0.0789. The van der Waals surface area contributed by atoms with Crippen molar-refractivity contribution >= 4 is 25.7 Å². The number of methoxy groups -OCH3 is 1. The monoisotopic (exact) mass is 345 g/mol. The molecule has 1 aromatic rings. The maximum absolute atomic E-state index is 12.4. The van der Waals surface area contributed by atoms with Gasteiger partial charge in [-0.3, -0.25) is 0 Å². The lowest BCUT2D eigenvalue weighted by Crippen LogP contribution is -2.44. The van der Waals surface area contributed by atoms with Crippen LogP contribution in [-0.2, 0) is 23.3 Å². The number of likely N-dealkylation sites (tertiary alicyclic amines) is 1. The molecular weight excluding hydrogens is 326 g/mol. The van der Waals surface area contributed by atoms with E-state index in [-0.39, 0.29) is 6.42 Å². The summed E-state index contributed by atoms with van der Waals surface area (Å²) in [5.41, 5.74) is 0.344. The highest BCUT2D eigenvalue weighted by Crippen LogP contribution is 2.38. The number of benzene rings is 1. The summed E-state index contributed by atoms with van der Waals surface area (Å²) >= 11 is 0. The minimum Gasteiger partial charge on any atom is -0.468 e. The Morgan fingerprint density at radius 2 is 1.86 bits per heavy atom. The van der Waals surface area contributed by atoms with E-state index in [9.17, 15) is 13.2 Å². The third-order valence-corrected chi connectivity index (χ3v) is 6.38. The van der Waals surface area contributed by atoms with Crippen LogP contribution in [0, 0.1) is 0 Å². The average molecular weight is 346 g/mol. The summed E-state index contributed by atoms with van der Waals surface area (Å²) < 4.78 is 27.5. The highest BCUT2D eigenvalue weighted by atomic mass is 35.7. The number of esters is 1. The third-order valence-electron chi connectivity index (χ3n) is 4.15. The number of rotatable bonds is 6. The summed E-state index contributed by atoms with van der Waals surface area (Å²) in [7, 11) is 2.67. The first-order valence-electron chi connectivity index (χ1n) is 7.22. The van der Waals surface area contributed by atoms with E-state index in [1.165, 1.54) is 7.11 Å². The Kier molecular flexibility index (Phi) is 5.47. The normalized spacial score (nSPS) is 18.8. The first kappa shape index (κ1) is 17.2. The Balaban J connectivity index is 2.43. The van der Waals surface area contributed by atoms with Gasteiger partial charge >= 0.3 is 5.97 Å². The molecule has 1 fully saturated rings. The molecule has 1 aliphatic heterocycles. The van der Waals surface area contributed by atoms with Crippen LogP contribution in [0.4, 0.5) is 0 Å². The number of ether oxygens (including phenoxy) is 1. The minimum atomic E-state index is -4.21. The molecule has 0 aliphatic carbocycles. The Labute approximate surface area is 135 Å². The van der Waals surface area contributed by atoms with Crippen molar-refractivity contribution in [1.82, 2.24) is 4.90 Å². The Hall–Kier alpha value is -1.11. The topological polar surface area (TPSA) is 63.7 Å². The van der Waals surface area contributed by atoms with Gasteiger partial charge in [-0.15, -0.1) is 0 Å². The van der Waals surface area contributed by atoms with E-state index in [1.54, 1.807) is 30.3 Å². The van der Waals surface area contributed by atoms with Gasteiger partial charge in [-0.1, -0.05) is 30.3 Å². The smallest absolute Gasteiger partial charge is 0.333 e. The molecule has 1 saturated heterocycles. The van der Waals surface area contributed by atoms with Gasteiger partial charge < -0.3 is 9.64 Å². The van der Waals surface area contributed by atoms with Gasteiger partial charge in [0.15, 0.2) is 0 Å². The summed E-state index contributed by atoms with van der Waals surface area (Å²) in [6.07, 6.45) is 2.25. The summed E-state index contributed by atoms with van der Waals surface area (Å²) in [4.78, 5) is 14.5. The molecule has 1 heterocycles. The SMILES string of the molecule is COC(=O)C(CCN1CCCC1)(c1ccccc1)S(=O)(=O)Cl. The molecule has 1 atom stereocenters. The third kappa shape index (κ3) is 3.29. The van der Waals surface area contributed by atoms with Crippen LogP contribution in [0.15, 0.2) is 30.3 Å². The first-order chi connectivity index (χ1) is 10.4. The van der Waals surface area contributed by atoms with Gasteiger partial charge in [0.25, 0.3) is 9.05 Å². The van der Waals surface area contributed by atoms with Gasteiger partial charge in [0.05, 0.1) is 7.11 Å². The lowest BCUT2D eigenvalue weighted by molar-refractivity contribution is -0.144. The van der Waals surface area contributed by atoms with Gasteiger partial charge in [0.1, 0.15) is 0 Å². The van der Waals surface area contributed by atoms with E-state index in [0.29, 0.717) is 12.1 Å². The standard InChI is InChI=1S/C15H20ClNO4S/c1-21-14(18)15(22(16,19)20,13-7-3-2-4-8-13)9-12-17-10-5-6-11-17/h2-4,7-8H,5-6,9-12H2,1H3. The van der Waals surface area contributed by atoms with Crippen LogP contribution in [0.5, 0.6) is 0 Å². The fourth-order valence-corrected chi connectivity index (χ4v) is 4.64. The van der Waals surface area contributed by atoms with Crippen LogP contribution < -0.4 is 0 Å². The van der Waals surface area contributed by atoms with E-state index >= 15 is 0 Å². The predicted molar refractivity (Wildman–Crippen MR) is 85.2 cm³/mol. The Morgan fingerprint density at radius 1 is 1.27 bits per heavy atom. The lowest BCUT2D eigenvalue weighted by atomic mass is 9.94. The molecule has 5 nitrogen and oxygen atoms in total. The molecule has 0 bridgehead atoms. The summed E-state index contributed by atoms with van der Waals surface area (Å²) in [5.74, 6) is -0.840. The van der Waals surface area contributed by atoms with E-state index < -0.39 is 19.8 Å². The van der Waals surface area contributed by atoms with Gasteiger partial charge in [0, 0.05) is 17.2 Å². The predicted octanol–water partition coefficient (Wildman–Crippen LogP) is 2.11. The second-order valence-electron chi connectivity index (χ2n) is 5.42. The maximum atomic E-state index is 12.4. The molecule has 22 heavy (non-hydrogen) atoms. The molecule has 122 valence electrons. The van der Waals surface area contributed by atoms with E-state index in [2.05, 4.69) is 4.90 Å². The summed E-state index contributed by atoms with van der Waals surface area (Å²) in [6.45, 7) is 2.30. The molecule has 1 unspecified atom stereocenters. The summed E-state index contributed by atoms with van der Waals surface area (Å²) in [5, 5.41) is 0. The van der Waals surface area contributed by atoms with Crippen molar-refractivity contribution in [2.45, 2.75) is 24.0 Å². The molecule has 0 N–H and O–H groups in total. The van der Waals surface area contributed by atoms with Crippen molar-refractivity contribution in [3.8, 4) is 0 Å². The average Bonchev–Trinajstić information content (AvgIpc) is 3.00. The maximum Gasteiger partial charge on any atom is 0.333 e. The van der Waals surface area contributed by atoms with Crippen LogP contribution in [0.1, 0.15) is 24.8 Å². The van der Waals surface area contributed by atoms with Crippen molar-refractivity contribution in [2.75, 3.05) is 26.7 Å². The number of hydrogen-bond acceptors (Lipinski definition) is 5. The number of carbonyl (C=O) groups is 1. The van der Waals surface area contributed by atoms with Gasteiger partial charge in [-0.2, -0.15) is 0 Å². The highest BCUT2D eigenvalue weighted by molar-refractivity contribution is 8.15. The van der Waals surface area contributed by atoms with Gasteiger partial charge in [0.2, 0.25) is 4.75 Å². The molecular formula is C15H20ClNO4S. The fourth-order valence-electron chi connectivity index (χ4n) is 2.92. The molecule has 0 amide bonds. The molecule has 0 radical (unpaired) electrons. The largest absolute Gasteiger partial charge is 0.468 e. The molecule has 0 aromatic heterocycles. The Morgan fingerprint density at radius 3 is 2.36 bits per heavy atom. The van der Waals surface area contributed by atoms with E-state index in [1.807, 2.05) is 0 Å². The highest BCUT2D eigenvalue weighted by Gasteiger charge is 2.52. The van der Waals surface area contributed by atoms with E-state index in [4.69, 9.17) is 15.4 Å². The molecule has 7 heteroatoms. The Bertz CT molecular complexity index is 614. The molecule has 1 aromatic carbocycles. The summed E-state index contributed by atoms with van der Waals surface area (Å²) in [6, 6.07) is 8.32. The molecule has 2 rings (SSSR count). The fraction of sp³-hybridized carbons (Fsp3) is 0.533. The number of halogens is 1. The van der Waals surface area contributed by atoms with E-state index in [0.717, 1.165) is 25.9 Å². The zero-order valence-electron chi connectivity index (χ0n) is 12.5. The van der Waals surface area contributed by atoms with Crippen LogP contribution in [-0.4, -0.2) is 46.0 Å².